The molecule has 1 spiro atoms. The lowest BCUT2D eigenvalue weighted by atomic mass is 9.96. The van der Waals surface area contributed by atoms with Crippen LogP contribution in [0.1, 0.15) is 44.8 Å². The van der Waals surface area contributed by atoms with Crippen LogP contribution in [0, 0.1) is 0 Å². The number of benzene rings is 1. The van der Waals surface area contributed by atoms with E-state index in [-0.39, 0.29) is 23.6 Å². The molecule has 3 heterocycles. The van der Waals surface area contributed by atoms with Crippen LogP contribution in [0.4, 0.5) is 0 Å². The number of hydrogen-bond acceptors (Lipinski definition) is 4. The number of likely N-dealkylation sites (N-methyl/N-ethyl adjacent to an activating group) is 1. The summed E-state index contributed by atoms with van der Waals surface area (Å²) in [6.45, 7) is 4.88. The number of carbonyl (C=O) groups excluding carboxylic acids is 1. The Morgan fingerprint density at radius 1 is 1.19 bits per heavy atom. The molecule has 2 atom stereocenters. The third kappa shape index (κ3) is 3.44. The molecule has 2 aromatic rings. The Kier molecular flexibility index (Phi) is 4.64. The van der Waals surface area contributed by atoms with E-state index in [1.54, 1.807) is 0 Å². The van der Waals surface area contributed by atoms with Crippen LogP contribution in [0.15, 0.2) is 42.6 Å². The average Bonchev–Trinajstić information content (AvgIpc) is 3.22. The number of carbonyl (C=O) groups is 1. The van der Waals surface area contributed by atoms with Crippen LogP contribution in [0.5, 0.6) is 5.75 Å². The lowest BCUT2D eigenvalue weighted by Crippen LogP contribution is -2.47. The summed E-state index contributed by atoms with van der Waals surface area (Å²) in [7, 11) is 1.89. The Morgan fingerprint density at radius 3 is 2.63 bits per heavy atom. The van der Waals surface area contributed by atoms with Crippen molar-refractivity contribution in [1.29, 1.82) is 0 Å². The minimum absolute atomic E-state index is 0.129. The second-order valence-corrected chi connectivity index (χ2v) is 7.95. The summed E-state index contributed by atoms with van der Waals surface area (Å²) in [5.74, 6) is 1.10. The number of likely N-dealkylation sites (tertiary alicyclic amines) is 1. The van der Waals surface area contributed by atoms with Crippen molar-refractivity contribution in [2.75, 3.05) is 13.6 Å². The molecule has 2 aliphatic rings. The van der Waals surface area contributed by atoms with Gasteiger partial charge < -0.3 is 9.64 Å². The molecule has 0 radical (unpaired) electrons. The Labute approximate surface area is 160 Å². The lowest BCUT2D eigenvalue weighted by molar-refractivity contribution is -0.131. The molecule has 0 aliphatic carbocycles. The number of rotatable bonds is 4. The fourth-order valence-corrected chi connectivity index (χ4v) is 4.21. The highest BCUT2D eigenvalue weighted by Gasteiger charge is 2.50. The molecule has 1 aromatic heterocycles. The summed E-state index contributed by atoms with van der Waals surface area (Å²) >= 11 is 0. The number of hydrogen-bond donors (Lipinski definition) is 1. The minimum atomic E-state index is -0.382. The van der Waals surface area contributed by atoms with E-state index in [0.717, 1.165) is 48.4 Å². The van der Waals surface area contributed by atoms with E-state index in [2.05, 4.69) is 28.5 Å². The van der Waals surface area contributed by atoms with Crippen LogP contribution in [-0.2, 0) is 4.79 Å². The van der Waals surface area contributed by atoms with E-state index in [9.17, 15) is 4.79 Å². The van der Waals surface area contributed by atoms with Gasteiger partial charge in [-0.2, -0.15) is 0 Å². The Balaban J connectivity index is 1.52. The monoisotopic (exact) mass is 365 g/mol. The largest absolute Gasteiger partial charge is 0.491 e. The molecule has 0 bridgehead atoms. The van der Waals surface area contributed by atoms with Gasteiger partial charge in [-0.05, 0) is 68.5 Å². The first-order valence-electron chi connectivity index (χ1n) is 9.73. The zero-order chi connectivity index (χ0) is 19.0. The molecule has 1 aromatic carbocycles. The molecule has 4 rings (SSSR count). The quantitative estimate of drug-likeness (QED) is 0.900. The average molecular weight is 365 g/mol. The molecule has 1 amide bonds. The van der Waals surface area contributed by atoms with Crippen molar-refractivity contribution in [1.82, 2.24) is 15.2 Å². The second kappa shape index (κ2) is 6.97. The number of pyridine rings is 1. The van der Waals surface area contributed by atoms with E-state index >= 15 is 0 Å². The maximum atomic E-state index is 12.5. The van der Waals surface area contributed by atoms with Gasteiger partial charge in [-0.15, -0.1) is 0 Å². The number of amides is 1. The molecule has 142 valence electrons. The van der Waals surface area contributed by atoms with Crippen molar-refractivity contribution in [3.05, 3.63) is 48.3 Å². The molecule has 27 heavy (non-hydrogen) atoms. The summed E-state index contributed by atoms with van der Waals surface area (Å²) in [5.41, 5.74) is 2.90. The van der Waals surface area contributed by atoms with Gasteiger partial charge in [0.05, 0.1) is 17.8 Å². The van der Waals surface area contributed by atoms with E-state index < -0.39 is 0 Å². The molecular formula is C22H27N3O2. The molecule has 2 fully saturated rings. The Morgan fingerprint density at radius 2 is 1.96 bits per heavy atom. The van der Waals surface area contributed by atoms with Gasteiger partial charge in [-0.3, -0.25) is 15.1 Å². The highest BCUT2D eigenvalue weighted by atomic mass is 16.5. The summed E-state index contributed by atoms with van der Waals surface area (Å²) < 4.78 is 5.72. The molecule has 2 saturated heterocycles. The molecule has 5 heteroatoms. The molecule has 2 aliphatic heterocycles. The van der Waals surface area contributed by atoms with Crippen molar-refractivity contribution < 1.29 is 9.53 Å². The number of nitrogens with zero attached hydrogens (tertiary/aromatic N) is 2. The highest BCUT2D eigenvalue weighted by Crippen LogP contribution is 2.39. The Bertz CT molecular complexity index is 834. The zero-order valence-electron chi connectivity index (χ0n) is 16.2. The first kappa shape index (κ1) is 18.0. The van der Waals surface area contributed by atoms with Gasteiger partial charge in [-0.1, -0.05) is 12.1 Å². The smallest absolute Gasteiger partial charge is 0.242 e. The normalized spacial score (nSPS) is 25.0. The van der Waals surface area contributed by atoms with E-state index in [0.29, 0.717) is 0 Å². The van der Waals surface area contributed by atoms with E-state index in [1.165, 1.54) is 0 Å². The maximum Gasteiger partial charge on any atom is 0.242 e. The first-order valence-corrected chi connectivity index (χ1v) is 9.73. The number of nitrogens with one attached hydrogen (secondary N) is 1. The fraction of sp³-hybridized carbons (Fsp3) is 0.455. The van der Waals surface area contributed by atoms with E-state index in [4.69, 9.17) is 4.74 Å². The van der Waals surface area contributed by atoms with Crippen LogP contribution < -0.4 is 10.1 Å². The number of aromatic nitrogens is 1. The summed E-state index contributed by atoms with van der Waals surface area (Å²) in [6.07, 6.45) is 4.74. The van der Waals surface area contributed by atoms with Crippen molar-refractivity contribution >= 4 is 5.91 Å². The highest BCUT2D eigenvalue weighted by molar-refractivity contribution is 5.88. The summed E-state index contributed by atoms with van der Waals surface area (Å²) in [4.78, 5) is 19.0. The second-order valence-electron chi connectivity index (χ2n) is 7.95. The predicted molar refractivity (Wildman–Crippen MR) is 106 cm³/mol. The fourth-order valence-electron chi connectivity index (χ4n) is 4.21. The maximum absolute atomic E-state index is 12.5. The lowest BCUT2D eigenvalue weighted by Gasteiger charge is -2.23. The van der Waals surface area contributed by atoms with Crippen LogP contribution >= 0.6 is 0 Å². The van der Waals surface area contributed by atoms with Crippen molar-refractivity contribution in [2.24, 2.45) is 0 Å². The van der Waals surface area contributed by atoms with Crippen molar-refractivity contribution in [2.45, 2.75) is 50.8 Å². The third-order valence-electron chi connectivity index (χ3n) is 5.64. The molecule has 2 unspecified atom stereocenters. The van der Waals surface area contributed by atoms with Crippen LogP contribution in [0.2, 0.25) is 0 Å². The summed E-state index contributed by atoms with van der Waals surface area (Å²) in [5, 5.41) is 3.60. The van der Waals surface area contributed by atoms with Gasteiger partial charge in [0.25, 0.3) is 0 Å². The van der Waals surface area contributed by atoms with Gasteiger partial charge in [-0.25, -0.2) is 0 Å². The third-order valence-corrected chi connectivity index (χ3v) is 5.64. The molecule has 5 nitrogen and oxygen atoms in total. The molecular weight excluding hydrogens is 338 g/mol. The zero-order valence-corrected chi connectivity index (χ0v) is 16.2. The first-order chi connectivity index (χ1) is 13.0. The van der Waals surface area contributed by atoms with Gasteiger partial charge >= 0.3 is 0 Å². The topological polar surface area (TPSA) is 54.5 Å². The number of ether oxygens (including phenoxy) is 1. The minimum Gasteiger partial charge on any atom is -0.491 e. The van der Waals surface area contributed by atoms with Gasteiger partial charge in [0.15, 0.2) is 0 Å². The van der Waals surface area contributed by atoms with Crippen molar-refractivity contribution in [3.8, 4) is 16.9 Å². The predicted octanol–water partition coefficient (Wildman–Crippen LogP) is 3.56. The van der Waals surface area contributed by atoms with Crippen LogP contribution in [0.25, 0.3) is 11.1 Å². The van der Waals surface area contributed by atoms with Gasteiger partial charge in [0.2, 0.25) is 5.91 Å². The Hall–Kier alpha value is -2.40. The van der Waals surface area contributed by atoms with Gasteiger partial charge in [0.1, 0.15) is 11.3 Å². The summed E-state index contributed by atoms with van der Waals surface area (Å²) in [6, 6.07) is 12.5. The van der Waals surface area contributed by atoms with E-state index in [1.807, 2.05) is 50.2 Å². The van der Waals surface area contributed by atoms with Crippen LogP contribution in [-0.4, -0.2) is 41.0 Å². The van der Waals surface area contributed by atoms with Crippen molar-refractivity contribution in [3.63, 3.8) is 0 Å². The molecule has 1 N–H and O–H groups in total. The standard InChI is InChI=1S/C22H27N3O2/c1-15(2)27-18-6-4-16(5-7-18)17-9-12-23-20(14-17)19-8-10-22(24-19)11-13-25(3)21(22)26/h4-7,9,12,14-15,19,24H,8,10-11,13H2,1-3H3. The molecule has 0 saturated carbocycles. The van der Waals surface area contributed by atoms with Crippen LogP contribution in [0.3, 0.4) is 0 Å². The van der Waals surface area contributed by atoms with Gasteiger partial charge in [0, 0.05) is 19.8 Å². The SMILES string of the molecule is CC(C)Oc1ccc(-c2ccnc(C3CCC4(CCN(C)C4=O)N3)c2)cc1.